The standard InChI is InChI=1S/C6H2F3.BrH.Zn/c7-4-1-5(8)3-6(9)2-4;;/h1-2H;1H;/q-1;;+2/p-1. The third-order valence-electron chi connectivity index (χ3n) is 0.768. The van der Waals surface area contributed by atoms with Crippen LogP contribution in [0, 0.1) is 23.5 Å². The summed E-state index contributed by atoms with van der Waals surface area (Å²) in [7, 11) is 0. The maximum absolute atomic E-state index is 11.9. The molecule has 1 rings (SSSR count). The van der Waals surface area contributed by atoms with Gasteiger partial charge in [0.25, 0.3) is 0 Å². The van der Waals surface area contributed by atoms with Gasteiger partial charge in [0.15, 0.2) is 0 Å². The SMILES string of the molecule is Fc1[c-]c(F)cc(F)c1.[Zn+][Br]. The van der Waals surface area contributed by atoms with Gasteiger partial charge in [-0.25, -0.2) is 13.2 Å². The van der Waals surface area contributed by atoms with Crippen LogP contribution >= 0.6 is 13.6 Å². The fourth-order valence-electron chi connectivity index (χ4n) is 0.470. The predicted molar refractivity (Wildman–Crippen MR) is 34.1 cm³/mol. The Morgan fingerprint density at radius 1 is 1.09 bits per heavy atom. The Kier molecular flexibility index (Phi) is 5.78. The van der Waals surface area contributed by atoms with Crippen molar-refractivity contribution in [1.29, 1.82) is 0 Å². The van der Waals surface area contributed by atoms with E-state index in [1.54, 1.807) is 6.07 Å². The van der Waals surface area contributed by atoms with Gasteiger partial charge in [-0.3, -0.25) is 0 Å². The van der Waals surface area contributed by atoms with Gasteiger partial charge in [0, 0.05) is 17.5 Å². The van der Waals surface area contributed by atoms with Crippen molar-refractivity contribution in [3.8, 4) is 0 Å². The first-order valence-electron chi connectivity index (χ1n) is 2.49. The summed E-state index contributed by atoms with van der Waals surface area (Å²) < 4.78 is 35.7. The number of hydrogen-bond donors (Lipinski definition) is 0. The third kappa shape index (κ3) is 4.54. The van der Waals surface area contributed by atoms with Crippen LogP contribution in [0.3, 0.4) is 0 Å². The topological polar surface area (TPSA) is 0 Å². The quantitative estimate of drug-likeness (QED) is 0.505. The Morgan fingerprint density at radius 3 is 1.73 bits per heavy atom. The molecule has 56 valence electrons. The van der Waals surface area contributed by atoms with E-state index in [1.807, 2.05) is 0 Å². The summed E-state index contributed by atoms with van der Waals surface area (Å²) in [5.74, 6) is -2.97. The van der Waals surface area contributed by atoms with Crippen molar-refractivity contribution in [1.82, 2.24) is 0 Å². The minimum atomic E-state index is -1.02. The Bertz CT molecular complexity index is 179. The average molecular weight is 276 g/mol. The van der Waals surface area contributed by atoms with E-state index in [9.17, 15) is 13.2 Å². The molecule has 0 aliphatic carbocycles. The van der Waals surface area contributed by atoms with Crippen LogP contribution in [0.2, 0.25) is 0 Å². The Labute approximate surface area is 78.8 Å². The zero-order valence-corrected chi connectivity index (χ0v) is 9.93. The molecule has 0 nitrogen and oxygen atoms in total. The summed E-state index contributed by atoms with van der Waals surface area (Å²) in [6.45, 7) is 0. The molecule has 0 aliphatic rings. The summed E-state index contributed by atoms with van der Waals surface area (Å²) in [5.41, 5.74) is 0. The Balaban J connectivity index is 0.000000461. The molecule has 0 spiro atoms. The van der Waals surface area contributed by atoms with Crippen LogP contribution in [-0.4, -0.2) is 0 Å². The summed E-state index contributed by atoms with van der Waals surface area (Å²) in [6.07, 6.45) is 0. The first kappa shape index (κ1) is 11.1. The molecule has 1 aromatic rings. The van der Waals surface area contributed by atoms with E-state index in [0.717, 1.165) is 0 Å². The first-order chi connectivity index (χ1) is 5.18. The van der Waals surface area contributed by atoms with Crippen LogP contribution in [0.5, 0.6) is 0 Å². The molecule has 0 aliphatic heterocycles. The molecule has 0 atom stereocenters. The van der Waals surface area contributed by atoms with Crippen LogP contribution < -0.4 is 0 Å². The fraction of sp³-hybridized carbons (Fsp3) is 0. The maximum atomic E-state index is 11.9. The van der Waals surface area contributed by atoms with Gasteiger partial charge in [-0.15, -0.1) is 18.2 Å². The van der Waals surface area contributed by atoms with Gasteiger partial charge in [0.2, 0.25) is 0 Å². The first-order valence-corrected chi connectivity index (χ1v) is 9.44. The summed E-state index contributed by atoms with van der Waals surface area (Å²) >= 11 is 4.25. The van der Waals surface area contributed by atoms with Crippen molar-refractivity contribution in [3.05, 3.63) is 35.7 Å². The van der Waals surface area contributed by atoms with E-state index >= 15 is 0 Å². The third-order valence-corrected chi connectivity index (χ3v) is 0.768. The molecule has 11 heavy (non-hydrogen) atoms. The minimum absolute atomic E-state index is 0.559. The van der Waals surface area contributed by atoms with Gasteiger partial charge in [-0.05, 0) is 0 Å². The van der Waals surface area contributed by atoms with E-state index in [1.165, 1.54) is 16.3 Å². The van der Waals surface area contributed by atoms with E-state index in [0.29, 0.717) is 12.1 Å². The zero-order chi connectivity index (χ0) is 8.85. The normalized spacial score (nSPS) is 8.55. The molecule has 0 saturated heterocycles. The second kappa shape index (κ2) is 5.72. The van der Waals surface area contributed by atoms with Crippen molar-refractivity contribution in [2.75, 3.05) is 0 Å². The van der Waals surface area contributed by atoms with Gasteiger partial charge in [-0.1, -0.05) is 0 Å². The van der Waals surface area contributed by atoms with Gasteiger partial charge in [-0.2, -0.15) is 0 Å². The van der Waals surface area contributed by atoms with Crippen molar-refractivity contribution in [2.45, 2.75) is 0 Å². The second-order valence-corrected chi connectivity index (χ2v) is 1.49. The summed E-state index contributed by atoms with van der Waals surface area (Å²) in [5, 5.41) is 0. The predicted octanol–water partition coefficient (Wildman–Crippen LogP) is 2.75. The second-order valence-electron chi connectivity index (χ2n) is 1.49. The van der Waals surface area contributed by atoms with Gasteiger partial charge in [0.05, 0.1) is 0 Å². The van der Waals surface area contributed by atoms with Crippen LogP contribution in [-0.2, 0) is 16.3 Å². The molecule has 1 aromatic carbocycles. The average Bonchev–Trinajstić information content (AvgIpc) is 1.88. The van der Waals surface area contributed by atoms with Crippen molar-refractivity contribution >= 4 is 13.6 Å². The molecule has 0 amide bonds. The van der Waals surface area contributed by atoms with Crippen LogP contribution in [0.4, 0.5) is 13.2 Å². The molecule has 0 unspecified atom stereocenters. The molecular formula is C6H2BrF3Zn. The van der Waals surface area contributed by atoms with Crippen LogP contribution in [0.25, 0.3) is 0 Å². The Morgan fingerprint density at radius 2 is 1.45 bits per heavy atom. The van der Waals surface area contributed by atoms with Crippen molar-refractivity contribution in [2.24, 2.45) is 0 Å². The summed E-state index contributed by atoms with van der Waals surface area (Å²) in [6, 6.07) is 2.75. The summed E-state index contributed by atoms with van der Waals surface area (Å²) in [4.78, 5) is 0. The zero-order valence-electron chi connectivity index (χ0n) is 5.37. The van der Waals surface area contributed by atoms with Gasteiger partial charge < -0.3 is 0 Å². The molecule has 0 heterocycles. The van der Waals surface area contributed by atoms with E-state index < -0.39 is 17.5 Å². The molecule has 0 fully saturated rings. The Hall–Kier alpha value is 0.113. The number of halogens is 4. The number of rotatable bonds is 0. The number of hydrogen-bond acceptors (Lipinski definition) is 0. The van der Waals surface area contributed by atoms with Crippen LogP contribution in [0.15, 0.2) is 12.1 Å². The van der Waals surface area contributed by atoms with Gasteiger partial charge in [0.1, 0.15) is 0 Å². The molecule has 0 saturated carbocycles. The molecule has 0 radical (unpaired) electrons. The van der Waals surface area contributed by atoms with Crippen LogP contribution in [0.1, 0.15) is 0 Å². The van der Waals surface area contributed by atoms with Crippen molar-refractivity contribution in [3.63, 3.8) is 0 Å². The van der Waals surface area contributed by atoms with E-state index in [4.69, 9.17) is 0 Å². The molecular weight excluding hydrogens is 274 g/mol. The molecule has 0 N–H and O–H groups in total. The van der Waals surface area contributed by atoms with Crippen molar-refractivity contribution < 1.29 is 29.5 Å². The molecule has 0 bridgehead atoms. The van der Waals surface area contributed by atoms with Gasteiger partial charge >= 0.3 is 30.0 Å². The number of benzene rings is 1. The fourth-order valence-corrected chi connectivity index (χ4v) is 0.470. The monoisotopic (exact) mass is 274 g/mol. The molecule has 5 heteroatoms. The van der Waals surface area contributed by atoms with E-state index in [2.05, 4.69) is 13.6 Å². The molecule has 0 aromatic heterocycles. The van der Waals surface area contributed by atoms with E-state index in [-0.39, 0.29) is 0 Å².